The number of rotatable bonds is 7. The molecule has 0 aromatic heterocycles. The number of benzene rings is 2. The van der Waals surface area contributed by atoms with Gasteiger partial charge in [-0.2, -0.15) is 0 Å². The van der Waals surface area contributed by atoms with Gasteiger partial charge in [0, 0.05) is 25.1 Å². The van der Waals surface area contributed by atoms with Gasteiger partial charge < -0.3 is 9.80 Å². The van der Waals surface area contributed by atoms with Gasteiger partial charge >= 0.3 is 0 Å². The van der Waals surface area contributed by atoms with Crippen molar-refractivity contribution >= 4 is 17.7 Å². The molecule has 2 aromatic rings. The highest BCUT2D eigenvalue weighted by Gasteiger charge is 2.38. The summed E-state index contributed by atoms with van der Waals surface area (Å²) in [6.07, 6.45) is 2.06. The van der Waals surface area contributed by atoms with Crippen molar-refractivity contribution in [3.8, 4) is 0 Å². The van der Waals surface area contributed by atoms with E-state index in [1.807, 2.05) is 30.3 Å². The smallest absolute Gasteiger partial charge is 0.274 e. The van der Waals surface area contributed by atoms with Gasteiger partial charge in [0.2, 0.25) is 11.8 Å². The molecule has 1 fully saturated rings. The fourth-order valence-corrected chi connectivity index (χ4v) is 3.43. The van der Waals surface area contributed by atoms with Crippen LogP contribution in [0.15, 0.2) is 67.3 Å². The first-order chi connectivity index (χ1) is 14.0. The maximum Gasteiger partial charge on any atom is 0.274 e. The Labute approximate surface area is 169 Å². The number of nitrogens with zero attached hydrogens (tertiary/aromatic N) is 2. The summed E-state index contributed by atoms with van der Waals surface area (Å²) in [6, 6.07) is 15.5. The van der Waals surface area contributed by atoms with Crippen molar-refractivity contribution in [2.75, 3.05) is 13.1 Å². The van der Waals surface area contributed by atoms with Crippen molar-refractivity contribution in [1.82, 2.24) is 15.3 Å². The Kier molecular flexibility index (Phi) is 6.41. The summed E-state index contributed by atoms with van der Waals surface area (Å²) in [5.41, 5.74) is 3.65. The minimum atomic E-state index is -0.608. The molecule has 0 aliphatic carbocycles. The highest BCUT2D eigenvalue weighted by atomic mass is 16.5. The normalized spacial score (nSPS) is 16.7. The summed E-state index contributed by atoms with van der Waals surface area (Å²) in [7, 11) is 0. The minimum absolute atomic E-state index is 0.00313. The zero-order valence-electron chi connectivity index (χ0n) is 16.0. The van der Waals surface area contributed by atoms with E-state index in [4.69, 9.17) is 5.21 Å². The second-order valence-corrected chi connectivity index (χ2v) is 6.87. The first-order valence-corrected chi connectivity index (χ1v) is 9.30. The summed E-state index contributed by atoms with van der Waals surface area (Å²) < 4.78 is 0. The van der Waals surface area contributed by atoms with Crippen molar-refractivity contribution < 1.29 is 19.6 Å². The Morgan fingerprint density at radius 3 is 2.41 bits per heavy atom. The van der Waals surface area contributed by atoms with Gasteiger partial charge in [0.05, 0.1) is 0 Å². The number of carbonyl (C=O) groups excluding carboxylic acids is 3. The molecule has 0 bridgehead atoms. The van der Waals surface area contributed by atoms with Gasteiger partial charge in [0.25, 0.3) is 5.91 Å². The van der Waals surface area contributed by atoms with Crippen LogP contribution in [0.1, 0.15) is 21.5 Å². The lowest BCUT2D eigenvalue weighted by Gasteiger charge is -2.40. The lowest BCUT2D eigenvalue weighted by molar-refractivity contribution is -0.155. The number of nitrogens with one attached hydrogen (secondary N) is 1. The lowest BCUT2D eigenvalue weighted by Crippen LogP contribution is -2.60. The molecular formula is C22H23N3O4. The summed E-state index contributed by atoms with van der Waals surface area (Å²) in [5.74, 6) is -0.849. The standard InChI is InChI=1S/C22H23N3O4/c1-2-12-25-19(13-16-6-4-3-5-7-16)22(28)24(15-20(25)26)14-17-8-10-18(11-9-17)21(27)23-29/h2-11,19,29H,1,12-15H2,(H,23,27). The lowest BCUT2D eigenvalue weighted by atomic mass is 10.00. The Morgan fingerprint density at radius 1 is 1.10 bits per heavy atom. The van der Waals surface area contributed by atoms with Crippen LogP contribution in [-0.4, -0.2) is 51.9 Å². The van der Waals surface area contributed by atoms with E-state index in [1.54, 1.807) is 40.7 Å². The summed E-state index contributed by atoms with van der Waals surface area (Å²) >= 11 is 0. The molecule has 1 heterocycles. The zero-order chi connectivity index (χ0) is 20.8. The molecule has 1 aliphatic heterocycles. The number of piperazine rings is 1. The van der Waals surface area contributed by atoms with E-state index in [9.17, 15) is 14.4 Å². The molecule has 1 unspecified atom stereocenters. The molecule has 2 N–H and O–H groups in total. The van der Waals surface area contributed by atoms with E-state index < -0.39 is 11.9 Å². The van der Waals surface area contributed by atoms with Gasteiger partial charge in [-0.1, -0.05) is 48.5 Å². The van der Waals surface area contributed by atoms with Crippen LogP contribution in [0.2, 0.25) is 0 Å². The molecule has 1 aliphatic rings. The Hall–Kier alpha value is -3.45. The summed E-state index contributed by atoms with van der Waals surface area (Å²) in [6.45, 7) is 4.28. The molecule has 150 valence electrons. The molecular weight excluding hydrogens is 370 g/mol. The van der Waals surface area contributed by atoms with Crippen LogP contribution < -0.4 is 5.48 Å². The van der Waals surface area contributed by atoms with Crippen LogP contribution in [0, 0.1) is 0 Å². The molecule has 1 atom stereocenters. The van der Waals surface area contributed by atoms with Crippen LogP contribution >= 0.6 is 0 Å². The van der Waals surface area contributed by atoms with Crippen molar-refractivity contribution in [2.45, 2.75) is 19.0 Å². The molecule has 29 heavy (non-hydrogen) atoms. The van der Waals surface area contributed by atoms with Crippen molar-refractivity contribution in [3.05, 3.63) is 83.9 Å². The Bertz CT molecular complexity index is 896. The van der Waals surface area contributed by atoms with Gasteiger partial charge in [-0.3, -0.25) is 19.6 Å². The maximum atomic E-state index is 13.2. The van der Waals surface area contributed by atoms with E-state index in [2.05, 4.69) is 6.58 Å². The van der Waals surface area contributed by atoms with Crippen molar-refractivity contribution in [3.63, 3.8) is 0 Å². The van der Waals surface area contributed by atoms with Crippen LogP contribution in [0.5, 0.6) is 0 Å². The van der Waals surface area contributed by atoms with Gasteiger partial charge in [0.1, 0.15) is 12.6 Å². The van der Waals surface area contributed by atoms with Gasteiger partial charge in [0.15, 0.2) is 0 Å². The number of hydroxylamine groups is 1. The maximum absolute atomic E-state index is 13.2. The third kappa shape index (κ3) is 4.70. The summed E-state index contributed by atoms with van der Waals surface area (Å²) in [4.78, 5) is 40.5. The average molecular weight is 393 g/mol. The number of hydrogen-bond acceptors (Lipinski definition) is 4. The van der Waals surface area contributed by atoms with Crippen LogP contribution in [0.3, 0.4) is 0 Å². The minimum Gasteiger partial charge on any atom is -0.327 e. The van der Waals surface area contributed by atoms with E-state index in [0.29, 0.717) is 18.5 Å². The summed E-state index contributed by atoms with van der Waals surface area (Å²) in [5, 5.41) is 8.70. The van der Waals surface area contributed by atoms with Crippen LogP contribution in [0.4, 0.5) is 0 Å². The molecule has 2 aromatic carbocycles. The zero-order valence-corrected chi connectivity index (χ0v) is 16.0. The molecule has 1 saturated heterocycles. The molecule has 3 rings (SSSR count). The predicted molar refractivity (Wildman–Crippen MR) is 107 cm³/mol. The molecule has 0 saturated carbocycles. The van der Waals surface area contributed by atoms with Crippen molar-refractivity contribution in [2.24, 2.45) is 0 Å². The van der Waals surface area contributed by atoms with Crippen LogP contribution in [0.25, 0.3) is 0 Å². The number of hydrogen-bond donors (Lipinski definition) is 2. The van der Waals surface area contributed by atoms with Crippen molar-refractivity contribution in [1.29, 1.82) is 0 Å². The third-order valence-corrected chi connectivity index (χ3v) is 4.91. The van der Waals surface area contributed by atoms with Crippen LogP contribution in [-0.2, 0) is 22.6 Å². The molecule has 0 spiro atoms. The fourth-order valence-electron chi connectivity index (χ4n) is 3.43. The quantitative estimate of drug-likeness (QED) is 0.426. The van der Waals surface area contributed by atoms with E-state index in [0.717, 1.165) is 11.1 Å². The number of amides is 3. The average Bonchev–Trinajstić information content (AvgIpc) is 2.75. The van der Waals surface area contributed by atoms with E-state index >= 15 is 0 Å². The van der Waals surface area contributed by atoms with Gasteiger partial charge in [-0.25, -0.2) is 5.48 Å². The first kappa shape index (κ1) is 20.3. The third-order valence-electron chi connectivity index (χ3n) is 4.91. The molecule has 7 nitrogen and oxygen atoms in total. The molecule has 7 heteroatoms. The topological polar surface area (TPSA) is 90.0 Å². The second kappa shape index (κ2) is 9.16. The molecule has 3 amide bonds. The largest absolute Gasteiger partial charge is 0.327 e. The Balaban J connectivity index is 1.79. The van der Waals surface area contributed by atoms with Gasteiger partial charge in [-0.15, -0.1) is 6.58 Å². The monoisotopic (exact) mass is 393 g/mol. The predicted octanol–water partition coefficient (Wildman–Crippen LogP) is 1.77. The highest BCUT2D eigenvalue weighted by molar-refractivity contribution is 5.95. The first-order valence-electron chi connectivity index (χ1n) is 9.30. The fraction of sp³-hybridized carbons (Fsp3) is 0.227. The second-order valence-electron chi connectivity index (χ2n) is 6.87. The highest BCUT2D eigenvalue weighted by Crippen LogP contribution is 2.20. The molecule has 0 radical (unpaired) electrons. The Morgan fingerprint density at radius 2 is 1.79 bits per heavy atom. The van der Waals surface area contributed by atoms with E-state index in [-0.39, 0.29) is 24.9 Å². The van der Waals surface area contributed by atoms with E-state index in [1.165, 1.54) is 4.90 Å². The number of carbonyl (C=O) groups is 3. The SMILES string of the molecule is C=CCN1C(=O)CN(Cc2ccc(C(=O)NO)cc2)C(=O)C1Cc1ccccc1. The van der Waals surface area contributed by atoms with Gasteiger partial charge in [-0.05, 0) is 23.3 Å².